The van der Waals surface area contributed by atoms with E-state index in [1.807, 2.05) is 54.6 Å². The van der Waals surface area contributed by atoms with Gasteiger partial charge in [-0.15, -0.1) is 0 Å². The predicted molar refractivity (Wildman–Crippen MR) is 86.6 cm³/mol. The zero-order chi connectivity index (χ0) is 15.4. The smallest absolute Gasteiger partial charge is 0.228 e. The molecule has 114 valence electrons. The highest BCUT2D eigenvalue weighted by Gasteiger charge is 2.41. The maximum Gasteiger partial charge on any atom is 0.228 e. The molecule has 3 heteroatoms. The first kappa shape index (κ1) is 14.6. The fourth-order valence-corrected chi connectivity index (χ4v) is 3.28. The number of primary amides is 1. The molecular formula is C19H21NO2. The minimum Gasteiger partial charge on any atom is -0.489 e. The minimum atomic E-state index is -0.508. The monoisotopic (exact) mass is 295 g/mol. The molecule has 0 radical (unpaired) electrons. The topological polar surface area (TPSA) is 52.3 Å². The summed E-state index contributed by atoms with van der Waals surface area (Å²) in [6.07, 6.45) is 3.78. The maximum absolute atomic E-state index is 12.0. The van der Waals surface area contributed by atoms with E-state index >= 15 is 0 Å². The highest BCUT2D eigenvalue weighted by molar-refractivity contribution is 5.87. The van der Waals surface area contributed by atoms with Crippen molar-refractivity contribution in [1.82, 2.24) is 0 Å². The average Bonchev–Trinajstić information content (AvgIpc) is 3.05. The summed E-state index contributed by atoms with van der Waals surface area (Å²) < 4.78 is 5.86. The molecule has 0 bridgehead atoms. The Bertz CT molecular complexity index is 645. The molecule has 0 heterocycles. The van der Waals surface area contributed by atoms with E-state index in [1.165, 1.54) is 0 Å². The van der Waals surface area contributed by atoms with Crippen LogP contribution in [0.15, 0.2) is 54.6 Å². The Kier molecular flexibility index (Phi) is 4.14. The minimum absolute atomic E-state index is 0.217. The Morgan fingerprint density at radius 3 is 2.45 bits per heavy atom. The fourth-order valence-electron chi connectivity index (χ4n) is 3.28. The largest absolute Gasteiger partial charge is 0.489 e. The summed E-state index contributed by atoms with van der Waals surface area (Å²) in [6.45, 7) is 0.522. The lowest BCUT2D eigenvalue weighted by molar-refractivity contribution is -0.123. The van der Waals surface area contributed by atoms with Gasteiger partial charge in [0.05, 0.1) is 5.41 Å². The lowest BCUT2D eigenvalue weighted by atomic mass is 9.78. The van der Waals surface area contributed by atoms with Gasteiger partial charge in [0.15, 0.2) is 0 Å². The van der Waals surface area contributed by atoms with Gasteiger partial charge >= 0.3 is 0 Å². The van der Waals surface area contributed by atoms with Crippen LogP contribution in [0, 0.1) is 0 Å². The zero-order valence-corrected chi connectivity index (χ0v) is 12.6. The Hall–Kier alpha value is -2.29. The van der Waals surface area contributed by atoms with Crippen molar-refractivity contribution in [3.8, 4) is 5.75 Å². The van der Waals surface area contributed by atoms with Crippen LogP contribution in [0.5, 0.6) is 5.75 Å². The van der Waals surface area contributed by atoms with Crippen LogP contribution in [0.25, 0.3) is 0 Å². The van der Waals surface area contributed by atoms with Crippen LogP contribution in [-0.2, 0) is 16.8 Å². The molecule has 2 aromatic rings. The number of rotatable bonds is 5. The Morgan fingerprint density at radius 2 is 1.77 bits per heavy atom. The van der Waals surface area contributed by atoms with Crippen LogP contribution < -0.4 is 10.5 Å². The van der Waals surface area contributed by atoms with Gasteiger partial charge in [-0.1, -0.05) is 55.3 Å². The lowest BCUT2D eigenvalue weighted by Gasteiger charge is -2.26. The van der Waals surface area contributed by atoms with Gasteiger partial charge in [0.2, 0.25) is 5.91 Å². The number of amides is 1. The predicted octanol–water partition coefficient (Wildman–Crippen LogP) is 3.56. The summed E-state index contributed by atoms with van der Waals surface area (Å²) in [5, 5.41) is 0. The van der Waals surface area contributed by atoms with Gasteiger partial charge in [-0.05, 0) is 36.1 Å². The Morgan fingerprint density at radius 1 is 1.05 bits per heavy atom. The van der Waals surface area contributed by atoms with Crippen molar-refractivity contribution in [2.24, 2.45) is 5.73 Å². The van der Waals surface area contributed by atoms with Gasteiger partial charge in [-0.25, -0.2) is 0 Å². The third-order valence-electron chi connectivity index (χ3n) is 4.56. The van der Waals surface area contributed by atoms with E-state index < -0.39 is 5.41 Å². The summed E-state index contributed by atoms with van der Waals surface area (Å²) >= 11 is 0. The third-order valence-corrected chi connectivity index (χ3v) is 4.56. The molecule has 1 aliphatic rings. The molecule has 0 aliphatic heterocycles. The highest BCUT2D eigenvalue weighted by Crippen LogP contribution is 2.41. The molecule has 1 amide bonds. The van der Waals surface area contributed by atoms with Crippen molar-refractivity contribution in [2.75, 3.05) is 0 Å². The summed E-state index contributed by atoms with van der Waals surface area (Å²) in [7, 11) is 0. The molecule has 1 fully saturated rings. The maximum atomic E-state index is 12.0. The van der Waals surface area contributed by atoms with Crippen molar-refractivity contribution < 1.29 is 9.53 Å². The summed E-state index contributed by atoms with van der Waals surface area (Å²) in [4.78, 5) is 12.0. The number of nitrogens with two attached hydrogens (primary N) is 1. The number of hydrogen-bond donors (Lipinski definition) is 1. The van der Waals surface area contributed by atoms with Crippen molar-refractivity contribution >= 4 is 5.91 Å². The summed E-state index contributed by atoms with van der Waals surface area (Å²) in [5.41, 5.74) is 7.30. The van der Waals surface area contributed by atoms with Gasteiger partial charge in [-0.3, -0.25) is 4.79 Å². The summed E-state index contributed by atoms with van der Waals surface area (Å²) in [5.74, 6) is 0.569. The Balaban J connectivity index is 1.79. The van der Waals surface area contributed by atoms with E-state index in [-0.39, 0.29) is 5.91 Å². The molecule has 2 N–H and O–H groups in total. The molecular weight excluding hydrogens is 274 g/mol. The van der Waals surface area contributed by atoms with Crippen LogP contribution in [0.4, 0.5) is 0 Å². The van der Waals surface area contributed by atoms with Crippen LogP contribution in [0.2, 0.25) is 0 Å². The standard InChI is InChI=1S/C19H21NO2/c20-18(21)19(11-4-5-12-19)16-9-6-10-17(13-16)22-14-15-7-2-1-3-8-15/h1-3,6-10,13H,4-5,11-12,14H2,(H2,20,21). The van der Waals surface area contributed by atoms with Crippen LogP contribution in [0.1, 0.15) is 36.8 Å². The van der Waals surface area contributed by atoms with Gasteiger partial charge in [0, 0.05) is 0 Å². The molecule has 0 aromatic heterocycles. The first-order valence-electron chi connectivity index (χ1n) is 7.78. The number of carbonyl (C=O) groups is 1. The van der Waals surface area contributed by atoms with E-state index in [2.05, 4.69) is 0 Å². The Labute approximate surface area is 131 Å². The van der Waals surface area contributed by atoms with Gasteiger partial charge in [0.25, 0.3) is 0 Å². The van der Waals surface area contributed by atoms with Gasteiger partial charge < -0.3 is 10.5 Å². The molecule has 1 saturated carbocycles. The second-order valence-electron chi connectivity index (χ2n) is 5.96. The second kappa shape index (κ2) is 6.22. The van der Waals surface area contributed by atoms with Crippen LogP contribution >= 0.6 is 0 Å². The van der Waals surface area contributed by atoms with E-state index in [0.717, 1.165) is 42.6 Å². The molecule has 0 saturated heterocycles. The lowest BCUT2D eigenvalue weighted by Crippen LogP contribution is -2.38. The van der Waals surface area contributed by atoms with Crippen molar-refractivity contribution in [3.63, 3.8) is 0 Å². The highest BCUT2D eigenvalue weighted by atomic mass is 16.5. The quantitative estimate of drug-likeness (QED) is 0.917. The first-order chi connectivity index (χ1) is 10.7. The van der Waals surface area contributed by atoms with Crippen molar-refractivity contribution in [1.29, 1.82) is 0 Å². The summed E-state index contributed by atoms with van der Waals surface area (Å²) in [6, 6.07) is 17.9. The molecule has 3 nitrogen and oxygen atoms in total. The zero-order valence-electron chi connectivity index (χ0n) is 12.6. The fraction of sp³-hybridized carbons (Fsp3) is 0.316. The van der Waals surface area contributed by atoms with Gasteiger partial charge in [0.1, 0.15) is 12.4 Å². The molecule has 2 aromatic carbocycles. The van der Waals surface area contributed by atoms with Crippen LogP contribution in [0.3, 0.4) is 0 Å². The first-order valence-corrected chi connectivity index (χ1v) is 7.78. The SMILES string of the molecule is NC(=O)C1(c2cccc(OCc3ccccc3)c2)CCCC1. The molecule has 3 rings (SSSR count). The molecule has 0 unspecified atom stereocenters. The number of carbonyl (C=O) groups excluding carboxylic acids is 1. The average molecular weight is 295 g/mol. The van der Waals surface area contributed by atoms with E-state index in [4.69, 9.17) is 10.5 Å². The number of benzene rings is 2. The number of hydrogen-bond acceptors (Lipinski definition) is 2. The van der Waals surface area contributed by atoms with E-state index in [0.29, 0.717) is 6.61 Å². The number of ether oxygens (including phenoxy) is 1. The van der Waals surface area contributed by atoms with Crippen LogP contribution in [-0.4, -0.2) is 5.91 Å². The second-order valence-corrected chi connectivity index (χ2v) is 5.96. The van der Waals surface area contributed by atoms with E-state index in [9.17, 15) is 4.79 Å². The molecule has 0 spiro atoms. The van der Waals surface area contributed by atoms with E-state index in [1.54, 1.807) is 0 Å². The third kappa shape index (κ3) is 2.84. The molecule has 22 heavy (non-hydrogen) atoms. The van der Waals surface area contributed by atoms with Gasteiger partial charge in [-0.2, -0.15) is 0 Å². The normalized spacial score (nSPS) is 16.4. The molecule has 0 atom stereocenters. The van der Waals surface area contributed by atoms with Crippen molar-refractivity contribution in [3.05, 3.63) is 65.7 Å². The molecule has 1 aliphatic carbocycles. The van der Waals surface area contributed by atoms with Crippen molar-refractivity contribution in [2.45, 2.75) is 37.7 Å².